The molecule has 12 nitrogen and oxygen atoms in total. The van der Waals surface area contributed by atoms with Gasteiger partial charge in [0.1, 0.15) is 22.4 Å². The highest BCUT2D eigenvalue weighted by Crippen LogP contribution is 2.36. The van der Waals surface area contributed by atoms with Crippen LogP contribution in [0.5, 0.6) is 0 Å². The molecule has 0 saturated carbocycles. The van der Waals surface area contributed by atoms with Crippen molar-refractivity contribution in [2.45, 2.75) is 31.7 Å². The summed E-state index contributed by atoms with van der Waals surface area (Å²) in [5.74, 6) is -1.13. The second-order valence-corrected chi connectivity index (χ2v) is 10.2. The van der Waals surface area contributed by atoms with Crippen LogP contribution < -0.4 is 16.0 Å². The monoisotopic (exact) mass is 626 g/mol. The van der Waals surface area contributed by atoms with Crippen LogP contribution in [-0.2, 0) is 9.53 Å². The topological polar surface area (TPSA) is 156 Å². The van der Waals surface area contributed by atoms with Crippen molar-refractivity contribution in [3.63, 3.8) is 0 Å². The van der Waals surface area contributed by atoms with Gasteiger partial charge in [0.25, 0.3) is 5.91 Å². The summed E-state index contributed by atoms with van der Waals surface area (Å²) in [7, 11) is 1.24. The van der Waals surface area contributed by atoms with Crippen molar-refractivity contribution in [1.29, 1.82) is 0 Å². The lowest BCUT2D eigenvalue weighted by Gasteiger charge is -2.16. The Hall–Kier alpha value is -4.75. The molecule has 0 unspecified atom stereocenters. The summed E-state index contributed by atoms with van der Waals surface area (Å²) in [5.41, 5.74) is 1.55. The van der Waals surface area contributed by atoms with Crippen molar-refractivity contribution in [2.24, 2.45) is 0 Å². The number of ether oxygens (including phenoxy) is 1. The lowest BCUT2D eigenvalue weighted by atomic mass is 10.1. The van der Waals surface area contributed by atoms with Crippen LogP contribution in [0.1, 0.15) is 48.0 Å². The molecule has 4 aromatic rings. The van der Waals surface area contributed by atoms with Gasteiger partial charge in [-0.3, -0.25) is 14.9 Å². The molecule has 0 aliphatic carbocycles. The summed E-state index contributed by atoms with van der Waals surface area (Å²) in [5, 5.41) is 16.2. The number of methoxy groups -OCH3 is 1. The first-order valence-corrected chi connectivity index (χ1v) is 13.9. The fourth-order valence-electron chi connectivity index (χ4n) is 4.40. The van der Waals surface area contributed by atoms with Crippen LogP contribution in [0.4, 0.5) is 20.6 Å². The molecule has 2 aromatic carbocycles. The number of fused-ring (bicyclic) bond motifs is 4. The molecular weight excluding hydrogens is 602 g/mol. The van der Waals surface area contributed by atoms with E-state index < -0.39 is 23.9 Å². The van der Waals surface area contributed by atoms with Gasteiger partial charge in [0.2, 0.25) is 5.91 Å². The first-order valence-electron chi connectivity index (χ1n) is 13.1. The van der Waals surface area contributed by atoms with Gasteiger partial charge in [-0.25, -0.2) is 18.9 Å². The Labute approximate surface area is 254 Å². The van der Waals surface area contributed by atoms with E-state index in [1.807, 2.05) is 12.2 Å². The maximum Gasteiger partial charge on any atom is 0.411 e. The molecule has 2 bridgehead atoms. The first kappa shape index (κ1) is 29.7. The number of benzene rings is 2. The van der Waals surface area contributed by atoms with Gasteiger partial charge in [-0.2, -0.15) is 0 Å². The number of anilines is 2. The van der Waals surface area contributed by atoms with Gasteiger partial charge in [-0.05, 0) is 49.6 Å². The molecule has 3 amide bonds. The van der Waals surface area contributed by atoms with Gasteiger partial charge in [0, 0.05) is 17.7 Å². The number of hydrogen-bond acceptors (Lipinski definition) is 7. The number of aromatic nitrogens is 5. The fraction of sp³-hybridized carbons (Fsp3) is 0.214. The van der Waals surface area contributed by atoms with Crippen LogP contribution in [0.2, 0.25) is 10.2 Å². The minimum absolute atomic E-state index is 0.0420. The molecular formula is C28H25Cl2FN8O4. The smallest absolute Gasteiger partial charge is 0.411 e. The molecule has 3 heterocycles. The Bertz CT molecular complexity index is 1720. The number of carbonyl (C=O) groups is 3. The van der Waals surface area contributed by atoms with Gasteiger partial charge in [0.05, 0.1) is 30.1 Å². The Morgan fingerprint density at radius 3 is 2.79 bits per heavy atom. The van der Waals surface area contributed by atoms with Gasteiger partial charge in [-0.15, -0.1) is 5.10 Å². The van der Waals surface area contributed by atoms with E-state index in [2.05, 4.69) is 41.0 Å². The molecule has 1 atom stereocenters. The third kappa shape index (κ3) is 6.84. The third-order valence-electron chi connectivity index (χ3n) is 6.52. The normalized spacial score (nSPS) is 15.9. The second-order valence-electron chi connectivity index (χ2n) is 9.44. The number of aromatic amines is 1. The standard InChI is InChI=1S/C28H25Cl2FN8O4/c1-43-28(42)32-15-11-12-16-19(13-15)33-22(40)10-5-3-2-4-8-18(26-35-24(16)25(30)36-26)34-27(41)20-14-39(38-37-20)21-9-6-7-17(29)23(21)31/h2-3,6-7,9,11-14,18H,4-5,8,10H2,1H3,(H,32,42)(H,33,40)(H,34,41)(H,35,36)/b3-2+/t18-/m0/s1. The van der Waals surface area contributed by atoms with E-state index in [1.165, 1.54) is 25.4 Å². The molecule has 4 N–H and O–H groups in total. The lowest BCUT2D eigenvalue weighted by Crippen LogP contribution is -2.29. The summed E-state index contributed by atoms with van der Waals surface area (Å²) in [6.07, 6.45) is 6.11. The maximum absolute atomic E-state index is 14.5. The minimum atomic E-state index is -0.693. The molecule has 222 valence electrons. The van der Waals surface area contributed by atoms with Crippen LogP contribution in [0.25, 0.3) is 16.9 Å². The molecule has 1 aliphatic rings. The Kier molecular flexibility index (Phi) is 9.02. The van der Waals surface area contributed by atoms with Gasteiger partial charge >= 0.3 is 6.09 Å². The van der Waals surface area contributed by atoms with Crippen LogP contribution in [0.3, 0.4) is 0 Å². The predicted octanol–water partition coefficient (Wildman–Crippen LogP) is 5.82. The van der Waals surface area contributed by atoms with E-state index in [9.17, 15) is 18.8 Å². The van der Waals surface area contributed by atoms with E-state index in [-0.39, 0.29) is 33.9 Å². The summed E-state index contributed by atoms with van der Waals surface area (Å²) < 4.78 is 20.3. The highest BCUT2D eigenvalue weighted by atomic mass is 35.5. The van der Waals surface area contributed by atoms with Crippen molar-refractivity contribution < 1.29 is 23.5 Å². The van der Waals surface area contributed by atoms with Crippen LogP contribution in [0, 0.1) is 5.82 Å². The number of allylic oxidation sites excluding steroid dienone is 2. The molecule has 0 fully saturated rings. The molecule has 43 heavy (non-hydrogen) atoms. The number of nitrogens with one attached hydrogen (secondary N) is 4. The zero-order valence-corrected chi connectivity index (χ0v) is 24.2. The highest BCUT2D eigenvalue weighted by molar-refractivity contribution is 6.32. The van der Waals surface area contributed by atoms with Gasteiger partial charge < -0.3 is 20.4 Å². The molecule has 0 spiro atoms. The Morgan fingerprint density at radius 2 is 1.98 bits per heavy atom. The second kappa shape index (κ2) is 13.0. The van der Waals surface area contributed by atoms with Crippen molar-refractivity contribution >= 4 is 52.5 Å². The van der Waals surface area contributed by atoms with E-state index in [0.29, 0.717) is 47.7 Å². The van der Waals surface area contributed by atoms with Crippen molar-refractivity contribution in [3.05, 3.63) is 82.3 Å². The largest absolute Gasteiger partial charge is 0.453 e. The van der Waals surface area contributed by atoms with Gasteiger partial charge in [-0.1, -0.05) is 46.6 Å². The number of hydrogen-bond donors (Lipinski definition) is 4. The molecule has 2 aromatic heterocycles. The van der Waals surface area contributed by atoms with Crippen LogP contribution in [0.15, 0.2) is 54.7 Å². The van der Waals surface area contributed by atoms with E-state index in [1.54, 1.807) is 24.3 Å². The first-order chi connectivity index (χ1) is 20.7. The molecule has 15 heteroatoms. The lowest BCUT2D eigenvalue weighted by molar-refractivity contribution is -0.116. The average Bonchev–Trinajstić information content (AvgIpc) is 3.62. The number of rotatable bonds is 4. The summed E-state index contributed by atoms with van der Waals surface area (Å²) >= 11 is 12.5. The van der Waals surface area contributed by atoms with E-state index in [4.69, 9.17) is 23.2 Å². The van der Waals surface area contributed by atoms with E-state index >= 15 is 0 Å². The molecule has 5 rings (SSSR count). The summed E-state index contributed by atoms with van der Waals surface area (Å²) in [6, 6.07) is 8.63. The Morgan fingerprint density at radius 1 is 1.16 bits per heavy atom. The number of amides is 3. The zero-order valence-electron chi connectivity index (χ0n) is 22.7. The number of imidazole rings is 1. The van der Waals surface area contributed by atoms with Crippen molar-refractivity contribution in [3.8, 4) is 16.9 Å². The fourth-order valence-corrected chi connectivity index (χ4v) is 4.81. The Balaban J connectivity index is 1.46. The van der Waals surface area contributed by atoms with Crippen LogP contribution in [-0.4, -0.2) is 50.0 Å². The summed E-state index contributed by atoms with van der Waals surface area (Å²) in [6.45, 7) is 0. The van der Waals surface area contributed by atoms with Crippen molar-refractivity contribution in [2.75, 3.05) is 17.7 Å². The average molecular weight is 627 g/mol. The predicted molar refractivity (Wildman–Crippen MR) is 158 cm³/mol. The summed E-state index contributed by atoms with van der Waals surface area (Å²) in [4.78, 5) is 45.4. The molecule has 0 saturated heterocycles. The van der Waals surface area contributed by atoms with Crippen LogP contribution >= 0.6 is 23.2 Å². The number of carbonyl (C=O) groups excluding carboxylic acids is 3. The van der Waals surface area contributed by atoms with E-state index in [0.717, 1.165) is 4.68 Å². The SMILES string of the molecule is COC(=O)Nc1ccc2c(c1)NC(=O)CC/C=C/CC[C@H](NC(=O)c1cn(-c3cccc(Cl)c3F)nn1)c1nc-2c(Cl)[nH]1. The molecule has 1 aliphatic heterocycles. The van der Waals surface area contributed by atoms with Gasteiger partial charge in [0.15, 0.2) is 11.5 Å². The number of nitrogens with zero attached hydrogens (tertiary/aromatic N) is 4. The maximum atomic E-state index is 14.5. The third-order valence-corrected chi connectivity index (χ3v) is 7.09. The molecule has 0 radical (unpaired) electrons. The number of H-pyrrole nitrogens is 1. The quantitative estimate of drug-likeness (QED) is 0.208. The number of halogens is 3. The van der Waals surface area contributed by atoms with Crippen molar-refractivity contribution in [1.82, 2.24) is 30.3 Å². The zero-order chi connectivity index (χ0) is 30.5. The highest BCUT2D eigenvalue weighted by Gasteiger charge is 2.24. The minimum Gasteiger partial charge on any atom is -0.453 e.